The van der Waals surface area contributed by atoms with Gasteiger partial charge in [0, 0.05) is 38.4 Å². The Morgan fingerprint density at radius 1 is 1.32 bits per heavy atom. The van der Waals surface area contributed by atoms with Crippen LogP contribution in [0.15, 0.2) is 46.2 Å². The molecule has 0 bridgehead atoms. The predicted octanol–water partition coefficient (Wildman–Crippen LogP) is 2.97. The molecule has 1 saturated heterocycles. The van der Waals surface area contributed by atoms with Crippen molar-refractivity contribution in [2.24, 2.45) is 16.8 Å². The van der Waals surface area contributed by atoms with Crippen LogP contribution < -0.4 is 4.90 Å². The number of pyridine rings is 2. The van der Waals surface area contributed by atoms with E-state index in [2.05, 4.69) is 36.7 Å². The van der Waals surface area contributed by atoms with Gasteiger partial charge in [-0.2, -0.15) is 4.98 Å². The molecule has 10 heteroatoms. The van der Waals surface area contributed by atoms with Crippen LogP contribution in [0.3, 0.4) is 0 Å². The van der Waals surface area contributed by atoms with Crippen molar-refractivity contribution in [3.05, 3.63) is 59.0 Å². The number of nitrogens with zero attached hydrogens (tertiary/aromatic N) is 7. The van der Waals surface area contributed by atoms with Gasteiger partial charge in [-0.15, -0.1) is 0 Å². The van der Waals surface area contributed by atoms with E-state index in [9.17, 15) is 4.79 Å². The van der Waals surface area contributed by atoms with Gasteiger partial charge in [-0.05, 0) is 42.8 Å². The lowest BCUT2D eigenvalue weighted by atomic mass is 10.2. The summed E-state index contributed by atoms with van der Waals surface area (Å²) in [6, 6.07) is 7.15. The summed E-state index contributed by atoms with van der Waals surface area (Å²) in [5.74, 6) is 3.39. The lowest BCUT2D eigenvalue weighted by Gasteiger charge is -2.20. The van der Waals surface area contributed by atoms with Gasteiger partial charge in [0.2, 0.25) is 5.89 Å². The molecule has 0 aromatic carbocycles. The number of carbonyl (C=O) groups excluding carboxylic acids is 1. The summed E-state index contributed by atoms with van der Waals surface area (Å²) in [5, 5.41) is 4.81. The lowest BCUT2D eigenvalue weighted by molar-refractivity contribution is 0.0770. The monoisotopic (exact) mass is 437 g/mol. The van der Waals surface area contributed by atoms with Gasteiger partial charge >= 0.3 is 0 Å². The maximum Gasteiger partial charge on any atom is 0.257 e. The van der Waals surface area contributed by atoms with Crippen molar-refractivity contribution in [1.82, 2.24) is 25.0 Å². The Hall–Kier alpha value is -3.33. The molecule has 0 spiro atoms. The Morgan fingerprint density at radius 2 is 2.13 bits per heavy atom. The topological polar surface area (TPSA) is 101 Å². The van der Waals surface area contributed by atoms with Crippen LogP contribution in [-0.4, -0.2) is 57.8 Å². The van der Waals surface area contributed by atoms with Crippen LogP contribution in [0.25, 0.3) is 0 Å². The SMILES string of the molecule is C=Nc1ncccc1C(=O)N(C)Cc1nc(C2C3CN(c4ccc(Cl)cn4)CC32)no1. The molecule has 2 aliphatic rings. The lowest BCUT2D eigenvalue weighted by Crippen LogP contribution is -2.26. The van der Waals surface area contributed by atoms with Crippen molar-refractivity contribution >= 4 is 35.9 Å². The zero-order valence-corrected chi connectivity index (χ0v) is 17.6. The Balaban J connectivity index is 1.20. The minimum atomic E-state index is -0.232. The first-order valence-electron chi connectivity index (χ1n) is 9.91. The van der Waals surface area contributed by atoms with E-state index in [-0.39, 0.29) is 18.4 Å². The molecule has 1 saturated carbocycles. The summed E-state index contributed by atoms with van der Waals surface area (Å²) in [6.45, 7) is 5.49. The van der Waals surface area contributed by atoms with Crippen LogP contribution in [0.2, 0.25) is 5.02 Å². The van der Waals surface area contributed by atoms with Gasteiger partial charge in [0.1, 0.15) is 5.82 Å². The zero-order valence-electron chi connectivity index (χ0n) is 16.8. The van der Waals surface area contributed by atoms with Crippen molar-refractivity contribution in [3.8, 4) is 0 Å². The highest BCUT2D eigenvalue weighted by molar-refractivity contribution is 6.30. The molecule has 1 aliphatic heterocycles. The summed E-state index contributed by atoms with van der Waals surface area (Å²) in [4.78, 5) is 33.3. The fourth-order valence-electron chi connectivity index (χ4n) is 4.29. The van der Waals surface area contributed by atoms with Gasteiger partial charge in [0.05, 0.1) is 17.1 Å². The quantitative estimate of drug-likeness (QED) is 0.546. The minimum Gasteiger partial charge on any atom is -0.356 e. The summed E-state index contributed by atoms with van der Waals surface area (Å²) in [7, 11) is 1.68. The fourth-order valence-corrected chi connectivity index (χ4v) is 4.40. The second-order valence-corrected chi connectivity index (χ2v) is 8.27. The van der Waals surface area contributed by atoms with E-state index >= 15 is 0 Å². The molecule has 5 rings (SSSR count). The molecular weight excluding hydrogens is 418 g/mol. The highest BCUT2D eigenvalue weighted by Gasteiger charge is 2.58. The fraction of sp³-hybridized carbons (Fsp3) is 0.333. The number of fused-ring (bicyclic) bond motifs is 1. The molecule has 1 aliphatic carbocycles. The van der Waals surface area contributed by atoms with Crippen molar-refractivity contribution < 1.29 is 9.32 Å². The first kappa shape index (κ1) is 19.6. The van der Waals surface area contributed by atoms with E-state index < -0.39 is 0 Å². The molecule has 2 unspecified atom stereocenters. The molecule has 1 amide bonds. The largest absolute Gasteiger partial charge is 0.356 e. The van der Waals surface area contributed by atoms with E-state index in [1.807, 2.05) is 12.1 Å². The Morgan fingerprint density at radius 3 is 2.84 bits per heavy atom. The van der Waals surface area contributed by atoms with Gasteiger partial charge < -0.3 is 14.3 Å². The average Bonchev–Trinajstić information content (AvgIpc) is 3.11. The molecule has 158 valence electrons. The van der Waals surface area contributed by atoms with E-state index in [1.165, 1.54) is 4.90 Å². The molecule has 9 nitrogen and oxygen atoms in total. The number of hydrogen-bond donors (Lipinski definition) is 0. The number of piperidine rings is 1. The first-order valence-corrected chi connectivity index (χ1v) is 10.3. The molecule has 3 aromatic heterocycles. The van der Waals surface area contributed by atoms with E-state index in [4.69, 9.17) is 16.1 Å². The van der Waals surface area contributed by atoms with E-state index in [1.54, 1.807) is 31.6 Å². The summed E-state index contributed by atoms with van der Waals surface area (Å²) in [5.41, 5.74) is 0.382. The maximum absolute atomic E-state index is 12.7. The number of aliphatic imine (C=N–C) groups is 1. The van der Waals surface area contributed by atoms with Crippen molar-refractivity contribution in [1.29, 1.82) is 0 Å². The summed E-state index contributed by atoms with van der Waals surface area (Å²) < 4.78 is 5.42. The van der Waals surface area contributed by atoms with Gasteiger partial charge in [0.15, 0.2) is 11.6 Å². The van der Waals surface area contributed by atoms with E-state index in [0.717, 1.165) is 18.9 Å². The van der Waals surface area contributed by atoms with Gasteiger partial charge in [0.25, 0.3) is 5.91 Å². The number of anilines is 1. The number of aromatic nitrogens is 4. The molecule has 31 heavy (non-hydrogen) atoms. The second-order valence-electron chi connectivity index (χ2n) is 7.83. The minimum absolute atomic E-state index is 0.209. The number of carbonyl (C=O) groups is 1. The maximum atomic E-state index is 12.7. The van der Waals surface area contributed by atoms with Crippen LogP contribution in [-0.2, 0) is 6.54 Å². The average molecular weight is 438 g/mol. The molecule has 0 radical (unpaired) electrons. The number of rotatable bonds is 6. The molecule has 2 atom stereocenters. The van der Waals surface area contributed by atoms with Crippen molar-refractivity contribution in [2.75, 3.05) is 25.0 Å². The normalized spacial score (nSPS) is 21.6. The van der Waals surface area contributed by atoms with Gasteiger partial charge in [-0.3, -0.25) is 4.79 Å². The highest BCUT2D eigenvalue weighted by atomic mass is 35.5. The summed E-state index contributed by atoms with van der Waals surface area (Å²) in [6.07, 6.45) is 3.24. The molecule has 2 fully saturated rings. The van der Waals surface area contributed by atoms with Crippen LogP contribution in [0, 0.1) is 11.8 Å². The third-order valence-electron chi connectivity index (χ3n) is 5.90. The third-order valence-corrected chi connectivity index (χ3v) is 6.12. The van der Waals surface area contributed by atoms with Crippen LogP contribution in [0.1, 0.15) is 28.0 Å². The third kappa shape index (κ3) is 3.65. The van der Waals surface area contributed by atoms with Crippen LogP contribution in [0.5, 0.6) is 0 Å². The number of hydrogen-bond acceptors (Lipinski definition) is 8. The Kier molecular flexibility index (Phi) is 4.90. The Bertz CT molecular complexity index is 1120. The standard InChI is InChI=1S/C21H20ClN7O2/c1-23-19-13(4-3-7-24-19)21(30)28(2)11-17-26-20(27-31-17)18-14-9-29(10-15(14)18)16-6-5-12(22)8-25-16/h3-8,14-15,18H,1,9-11H2,2H3. The van der Waals surface area contributed by atoms with Crippen molar-refractivity contribution in [2.45, 2.75) is 12.5 Å². The molecule has 4 heterocycles. The Labute approximate surface area is 183 Å². The molecule has 0 N–H and O–H groups in total. The van der Waals surface area contributed by atoms with Gasteiger partial charge in [-0.1, -0.05) is 16.8 Å². The van der Waals surface area contributed by atoms with Crippen LogP contribution >= 0.6 is 11.6 Å². The van der Waals surface area contributed by atoms with Gasteiger partial charge in [-0.25, -0.2) is 15.0 Å². The molecular formula is C21H20ClN7O2. The number of amides is 1. The highest BCUT2D eigenvalue weighted by Crippen LogP contribution is 2.57. The summed E-state index contributed by atoms with van der Waals surface area (Å²) >= 11 is 5.92. The number of halogens is 1. The molecule has 3 aromatic rings. The van der Waals surface area contributed by atoms with Crippen molar-refractivity contribution in [3.63, 3.8) is 0 Å². The zero-order chi connectivity index (χ0) is 21.5. The van der Waals surface area contributed by atoms with E-state index in [0.29, 0.717) is 40.0 Å². The smallest absolute Gasteiger partial charge is 0.257 e. The first-order chi connectivity index (χ1) is 15.0. The second kappa shape index (κ2) is 7.73. The predicted molar refractivity (Wildman–Crippen MR) is 115 cm³/mol. The van der Waals surface area contributed by atoms with Crippen LogP contribution in [0.4, 0.5) is 11.6 Å².